The number of hydrogen-bond donors (Lipinski definition) is 0. The van der Waals surface area contributed by atoms with Gasteiger partial charge in [0, 0.05) is 7.05 Å². The molecule has 1 heterocycles. The summed E-state index contributed by atoms with van der Waals surface area (Å²) in [4.78, 5) is 3.83. The normalized spacial score (nSPS) is 19.6. The van der Waals surface area contributed by atoms with Gasteiger partial charge in [-0.1, -0.05) is 17.7 Å². The van der Waals surface area contributed by atoms with Crippen LogP contribution in [0.25, 0.3) is 0 Å². The Morgan fingerprint density at radius 3 is 2.93 bits per heavy atom. The Morgan fingerprint density at radius 2 is 2.43 bits per heavy atom. The fourth-order valence-electron chi connectivity index (χ4n) is 1.02. The van der Waals surface area contributed by atoms with Crippen molar-refractivity contribution in [1.82, 2.24) is 5.01 Å². The highest BCUT2D eigenvalue weighted by atomic mass is 35.5. The summed E-state index contributed by atoms with van der Waals surface area (Å²) >= 11 is 5.97. The Morgan fingerprint density at radius 1 is 1.71 bits per heavy atom. The molecule has 0 aromatic heterocycles. The van der Waals surface area contributed by atoms with Crippen LogP contribution < -0.4 is 0 Å². The first-order chi connectivity index (χ1) is 6.74. The van der Waals surface area contributed by atoms with E-state index in [2.05, 4.69) is 10.1 Å². The quantitative estimate of drug-likeness (QED) is 0.488. The lowest BCUT2D eigenvalue weighted by Gasteiger charge is -2.20. The van der Waals surface area contributed by atoms with E-state index in [0.717, 1.165) is 0 Å². The Hall–Kier alpha value is -1.60. The molecule has 5 heteroatoms. The van der Waals surface area contributed by atoms with E-state index in [1.807, 2.05) is 13.0 Å². The van der Waals surface area contributed by atoms with Crippen LogP contribution in [0, 0.1) is 11.3 Å². The van der Waals surface area contributed by atoms with Gasteiger partial charge in [0.05, 0.1) is 22.5 Å². The molecule has 0 aliphatic carbocycles. The van der Waals surface area contributed by atoms with Crippen molar-refractivity contribution in [2.75, 3.05) is 7.05 Å². The van der Waals surface area contributed by atoms with Crippen LogP contribution in [0.2, 0.25) is 0 Å². The van der Waals surface area contributed by atoms with Crippen LogP contribution >= 0.6 is 11.6 Å². The lowest BCUT2D eigenvalue weighted by Crippen LogP contribution is -2.19. The van der Waals surface area contributed by atoms with Gasteiger partial charge in [-0.15, -0.1) is 0 Å². The molecule has 0 spiro atoms. The maximum atomic E-state index is 8.73. The van der Waals surface area contributed by atoms with Crippen LogP contribution in [-0.4, -0.2) is 24.6 Å². The minimum Gasteiger partial charge on any atom is -0.277 e. The summed E-state index contributed by atoms with van der Waals surface area (Å²) in [5, 5.41) is 14.6. The van der Waals surface area contributed by atoms with Gasteiger partial charge in [-0.3, -0.25) is 4.99 Å². The van der Waals surface area contributed by atoms with Crippen molar-refractivity contribution in [3.8, 4) is 6.07 Å². The molecule has 1 rings (SSSR count). The van der Waals surface area contributed by atoms with Gasteiger partial charge >= 0.3 is 0 Å². The Balaban J connectivity index is 3.13. The minimum absolute atomic E-state index is 0.362. The first kappa shape index (κ1) is 10.5. The van der Waals surface area contributed by atoms with Crippen LogP contribution in [0.3, 0.4) is 0 Å². The molecule has 0 unspecified atom stereocenters. The fraction of sp³-hybridized carbons (Fsp3) is 0.222. The number of hydrogen-bond acceptors (Lipinski definition) is 3. The van der Waals surface area contributed by atoms with Gasteiger partial charge in [-0.25, -0.2) is 5.01 Å². The highest BCUT2D eigenvalue weighted by molar-refractivity contribution is 6.34. The van der Waals surface area contributed by atoms with Gasteiger partial charge in [-0.2, -0.15) is 10.4 Å². The molecule has 14 heavy (non-hydrogen) atoms. The zero-order valence-electron chi connectivity index (χ0n) is 7.90. The third-order valence-electron chi connectivity index (χ3n) is 1.64. The van der Waals surface area contributed by atoms with Crippen molar-refractivity contribution in [3.05, 3.63) is 22.4 Å². The number of hydrazone groups is 1. The van der Waals surface area contributed by atoms with Crippen LogP contribution in [0.4, 0.5) is 0 Å². The second-order valence-electron chi connectivity index (χ2n) is 2.48. The molecule has 72 valence electrons. The zero-order valence-corrected chi connectivity index (χ0v) is 8.65. The van der Waals surface area contributed by atoms with Crippen LogP contribution in [0.1, 0.15) is 6.92 Å². The van der Waals surface area contributed by atoms with E-state index in [9.17, 15) is 0 Å². The summed E-state index contributed by atoms with van der Waals surface area (Å²) in [5.41, 5.74) is 1.02. The first-order valence-electron chi connectivity index (χ1n) is 3.96. The number of allylic oxidation sites excluding steroid dienone is 3. The molecule has 0 saturated carbocycles. The van der Waals surface area contributed by atoms with E-state index >= 15 is 0 Å². The number of aliphatic imine (C=N–C) groups is 1. The zero-order chi connectivity index (χ0) is 10.6. The SMILES string of the molecule is CC=C1C(Cl)=C(C#N)C=NN1/C=N\C. The second kappa shape index (κ2) is 4.58. The monoisotopic (exact) mass is 208 g/mol. The molecule has 1 aliphatic heterocycles. The molecule has 1 aliphatic rings. The third kappa shape index (κ3) is 1.83. The molecule has 0 atom stereocenters. The predicted octanol–water partition coefficient (Wildman–Crippen LogP) is 1.87. The lowest BCUT2D eigenvalue weighted by atomic mass is 10.2. The van der Waals surface area contributed by atoms with Gasteiger partial charge in [0.2, 0.25) is 0 Å². The van der Waals surface area contributed by atoms with Crippen LogP contribution in [0.15, 0.2) is 32.5 Å². The van der Waals surface area contributed by atoms with E-state index < -0.39 is 0 Å². The van der Waals surface area contributed by atoms with E-state index in [-0.39, 0.29) is 0 Å². The van der Waals surface area contributed by atoms with Crippen LogP contribution in [-0.2, 0) is 0 Å². The second-order valence-corrected chi connectivity index (χ2v) is 2.85. The predicted molar refractivity (Wildman–Crippen MR) is 57.0 cm³/mol. The summed E-state index contributed by atoms with van der Waals surface area (Å²) in [6.07, 6.45) is 4.72. The summed E-state index contributed by atoms with van der Waals surface area (Å²) in [6.45, 7) is 1.82. The summed E-state index contributed by atoms with van der Waals surface area (Å²) in [7, 11) is 1.64. The molecule has 0 radical (unpaired) electrons. The van der Waals surface area contributed by atoms with E-state index in [0.29, 0.717) is 16.3 Å². The third-order valence-corrected chi connectivity index (χ3v) is 2.04. The molecule has 0 aromatic carbocycles. The number of halogens is 1. The number of nitrogens with zero attached hydrogens (tertiary/aromatic N) is 4. The molecule has 0 N–H and O–H groups in total. The number of rotatable bonds is 1. The lowest BCUT2D eigenvalue weighted by molar-refractivity contribution is 0.578. The molecular formula is C9H9ClN4. The van der Waals surface area contributed by atoms with Crippen molar-refractivity contribution in [3.63, 3.8) is 0 Å². The maximum absolute atomic E-state index is 8.73. The Labute approximate surface area is 87.5 Å². The minimum atomic E-state index is 0.362. The Kier molecular flexibility index (Phi) is 3.43. The molecular weight excluding hydrogens is 200 g/mol. The summed E-state index contributed by atoms with van der Waals surface area (Å²) in [5.74, 6) is 0. The van der Waals surface area contributed by atoms with Crippen LogP contribution in [0.5, 0.6) is 0 Å². The number of nitriles is 1. The molecule has 4 nitrogen and oxygen atoms in total. The molecule has 0 aromatic rings. The topological polar surface area (TPSA) is 51.8 Å². The van der Waals surface area contributed by atoms with Crippen molar-refractivity contribution < 1.29 is 0 Å². The smallest absolute Gasteiger partial charge is 0.111 e. The summed E-state index contributed by atoms with van der Waals surface area (Å²) < 4.78 is 0. The van der Waals surface area contributed by atoms with Gasteiger partial charge in [0.25, 0.3) is 0 Å². The van der Waals surface area contributed by atoms with E-state index in [1.54, 1.807) is 13.1 Å². The highest BCUT2D eigenvalue weighted by Gasteiger charge is 2.17. The largest absolute Gasteiger partial charge is 0.277 e. The molecule has 0 bridgehead atoms. The van der Waals surface area contributed by atoms with E-state index in [1.165, 1.54) is 17.6 Å². The van der Waals surface area contributed by atoms with E-state index in [4.69, 9.17) is 16.9 Å². The average molecular weight is 209 g/mol. The van der Waals surface area contributed by atoms with Crippen molar-refractivity contribution in [2.45, 2.75) is 6.92 Å². The summed E-state index contributed by atoms with van der Waals surface area (Å²) in [6, 6.07) is 1.97. The maximum Gasteiger partial charge on any atom is 0.111 e. The standard InChI is InChI=1S/C9H9ClN4/c1-3-8-9(10)7(4-11)5-13-14(8)6-12-2/h3,5-6H,1-2H3/b8-3?,12-6-. The molecule has 0 amide bonds. The van der Waals surface area contributed by atoms with Gasteiger partial charge in [-0.05, 0) is 6.92 Å². The van der Waals surface area contributed by atoms with Crippen molar-refractivity contribution in [1.29, 1.82) is 5.26 Å². The molecule has 0 saturated heterocycles. The Bertz CT molecular complexity index is 384. The van der Waals surface area contributed by atoms with Gasteiger partial charge in [0.15, 0.2) is 0 Å². The highest BCUT2D eigenvalue weighted by Crippen LogP contribution is 2.24. The fourth-order valence-corrected chi connectivity index (χ4v) is 1.30. The van der Waals surface area contributed by atoms with Crippen molar-refractivity contribution in [2.24, 2.45) is 10.1 Å². The van der Waals surface area contributed by atoms with Gasteiger partial charge < -0.3 is 0 Å². The average Bonchev–Trinajstić information content (AvgIpc) is 2.19. The van der Waals surface area contributed by atoms with Crippen molar-refractivity contribution >= 4 is 24.2 Å². The molecule has 0 fully saturated rings. The van der Waals surface area contributed by atoms with Gasteiger partial charge in [0.1, 0.15) is 12.4 Å². The first-order valence-corrected chi connectivity index (χ1v) is 4.34.